The summed E-state index contributed by atoms with van der Waals surface area (Å²) < 4.78 is 5.18. The Morgan fingerprint density at radius 1 is 1.50 bits per heavy atom. The van der Waals surface area contributed by atoms with Gasteiger partial charge in [-0.15, -0.1) is 0 Å². The van der Waals surface area contributed by atoms with Crippen LogP contribution in [-0.4, -0.2) is 11.7 Å². The molecule has 68 valence electrons. The lowest BCUT2D eigenvalue weighted by atomic mass is 9.90. The van der Waals surface area contributed by atoms with Gasteiger partial charge in [0.05, 0.1) is 6.20 Å². The van der Waals surface area contributed by atoms with Crippen LogP contribution in [0.25, 0.3) is 0 Å². The van der Waals surface area contributed by atoms with E-state index in [9.17, 15) is 0 Å². The highest BCUT2D eigenvalue weighted by Crippen LogP contribution is 2.25. The molecule has 0 amide bonds. The highest BCUT2D eigenvalue weighted by Gasteiger charge is 2.22. The van der Waals surface area contributed by atoms with E-state index in [0.29, 0.717) is 6.54 Å². The molecular weight excluding hydrogens is 152 g/mol. The first kappa shape index (κ1) is 9.26. The molecule has 0 aliphatic rings. The summed E-state index contributed by atoms with van der Waals surface area (Å²) in [5, 5.41) is 3.78. The smallest absolute Gasteiger partial charge is 0.145 e. The molecule has 0 radical (unpaired) electrons. The molecule has 0 aliphatic heterocycles. The van der Waals surface area contributed by atoms with Gasteiger partial charge in [0.15, 0.2) is 0 Å². The zero-order valence-electron chi connectivity index (χ0n) is 7.92. The highest BCUT2D eigenvalue weighted by atomic mass is 16.5. The lowest BCUT2D eigenvalue weighted by molar-refractivity contribution is 0.327. The van der Waals surface area contributed by atoms with E-state index >= 15 is 0 Å². The molecule has 1 rings (SSSR count). The molecule has 0 aliphatic carbocycles. The van der Waals surface area contributed by atoms with E-state index in [1.165, 1.54) is 0 Å². The molecule has 2 N–H and O–H groups in total. The molecule has 3 nitrogen and oxygen atoms in total. The van der Waals surface area contributed by atoms with Gasteiger partial charge < -0.3 is 10.3 Å². The van der Waals surface area contributed by atoms with Gasteiger partial charge in [-0.05, 0) is 13.0 Å². The molecule has 0 bridgehead atoms. The second kappa shape index (κ2) is 3.27. The first-order chi connectivity index (χ1) is 5.55. The van der Waals surface area contributed by atoms with Crippen molar-refractivity contribution in [2.24, 2.45) is 5.73 Å². The fourth-order valence-corrected chi connectivity index (χ4v) is 1.21. The minimum atomic E-state index is 0.0288. The Morgan fingerprint density at radius 3 is 2.67 bits per heavy atom. The van der Waals surface area contributed by atoms with Gasteiger partial charge >= 0.3 is 0 Å². The number of rotatable bonds is 2. The second-order valence-corrected chi connectivity index (χ2v) is 3.97. The predicted molar refractivity (Wildman–Crippen MR) is 48.0 cm³/mol. The van der Waals surface area contributed by atoms with Crippen molar-refractivity contribution in [2.45, 2.75) is 32.6 Å². The lowest BCUT2D eigenvalue weighted by Gasteiger charge is -2.15. The van der Waals surface area contributed by atoms with E-state index in [2.05, 4.69) is 25.9 Å². The Labute approximate surface area is 72.9 Å². The molecule has 0 atom stereocenters. The van der Waals surface area contributed by atoms with Crippen LogP contribution in [0.2, 0.25) is 0 Å². The van der Waals surface area contributed by atoms with Gasteiger partial charge in [0, 0.05) is 11.0 Å². The Hall–Kier alpha value is -0.830. The quantitative estimate of drug-likeness (QED) is 0.727. The minimum absolute atomic E-state index is 0.0288. The maximum Gasteiger partial charge on any atom is 0.145 e. The van der Waals surface area contributed by atoms with E-state index in [-0.39, 0.29) is 5.41 Å². The zero-order chi connectivity index (χ0) is 9.19. The number of aromatic nitrogens is 1. The van der Waals surface area contributed by atoms with Gasteiger partial charge in [0.25, 0.3) is 0 Å². The summed E-state index contributed by atoms with van der Waals surface area (Å²) in [6.07, 6.45) is 2.60. The molecule has 1 aromatic heterocycles. The average Bonchev–Trinajstić information content (AvgIpc) is 2.34. The Morgan fingerprint density at radius 2 is 2.17 bits per heavy atom. The van der Waals surface area contributed by atoms with E-state index in [1.807, 2.05) is 0 Å². The molecule has 0 aromatic carbocycles. The highest BCUT2D eigenvalue weighted by molar-refractivity contribution is 5.20. The molecule has 12 heavy (non-hydrogen) atoms. The molecule has 0 spiro atoms. The summed E-state index contributed by atoms with van der Waals surface area (Å²) in [5.41, 5.74) is 6.62. The van der Waals surface area contributed by atoms with Crippen molar-refractivity contribution >= 4 is 0 Å². The molecule has 0 saturated carbocycles. The first-order valence-electron chi connectivity index (χ1n) is 4.20. The van der Waals surface area contributed by atoms with E-state index in [0.717, 1.165) is 17.7 Å². The van der Waals surface area contributed by atoms with E-state index in [1.54, 1.807) is 6.20 Å². The van der Waals surface area contributed by atoms with Gasteiger partial charge in [-0.25, -0.2) is 0 Å². The van der Waals surface area contributed by atoms with Crippen LogP contribution in [0.1, 0.15) is 32.1 Å². The van der Waals surface area contributed by atoms with Crippen molar-refractivity contribution in [3.05, 3.63) is 17.5 Å². The third-order valence-electron chi connectivity index (χ3n) is 1.74. The number of nitrogens with zero attached hydrogens (tertiary/aromatic N) is 1. The van der Waals surface area contributed by atoms with Crippen molar-refractivity contribution in [1.82, 2.24) is 5.16 Å². The molecular formula is C9H16N2O. The molecule has 0 saturated heterocycles. The SMILES string of the molecule is CC(C)(C)c1oncc1CCN. The second-order valence-electron chi connectivity index (χ2n) is 3.97. The predicted octanol–water partition coefficient (Wildman–Crippen LogP) is 1.47. The van der Waals surface area contributed by atoms with Crippen LogP contribution < -0.4 is 5.73 Å². The van der Waals surface area contributed by atoms with Crippen LogP contribution in [0.3, 0.4) is 0 Å². The van der Waals surface area contributed by atoms with Crippen molar-refractivity contribution < 1.29 is 4.52 Å². The average molecular weight is 168 g/mol. The van der Waals surface area contributed by atoms with Crippen LogP contribution in [0.15, 0.2) is 10.7 Å². The molecule has 0 unspecified atom stereocenters. The van der Waals surface area contributed by atoms with Crippen LogP contribution in [0, 0.1) is 0 Å². The largest absolute Gasteiger partial charge is 0.361 e. The minimum Gasteiger partial charge on any atom is -0.361 e. The van der Waals surface area contributed by atoms with Crippen molar-refractivity contribution in [3.8, 4) is 0 Å². The summed E-state index contributed by atoms with van der Waals surface area (Å²) in [6, 6.07) is 0. The van der Waals surface area contributed by atoms with Crippen LogP contribution in [0.5, 0.6) is 0 Å². The third kappa shape index (κ3) is 1.85. The molecule has 1 heterocycles. The first-order valence-corrected chi connectivity index (χ1v) is 4.20. The fraction of sp³-hybridized carbons (Fsp3) is 0.667. The van der Waals surface area contributed by atoms with E-state index < -0.39 is 0 Å². The van der Waals surface area contributed by atoms with Crippen LogP contribution in [-0.2, 0) is 11.8 Å². The van der Waals surface area contributed by atoms with Gasteiger partial charge in [0.2, 0.25) is 0 Å². The summed E-state index contributed by atoms with van der Waals surface area (Å²) in [6.45, 7) is 6.96. The van der Waals surface area contributed by atoms with Gasteiger partial charge in [-0.2, -0.15) is 0 Å². The third-order valence-corrected chi connectivity index (χ3v) is 1.74. The van der Waals surface area contributed by atoms with Crippen molar-refractivity contribution in [2.75, 3.05) is 6.54 Å². The summed E-state index contributed by atoms with van der Waals surface area (Å²) in [5.74, 6) is 0.952. The number of hydrogen-bond acceptors (Lipinski definition) is 3. The topological polar surface area (TPSA) is 52.0 Å². The molecule has 0 fully saturated rings. The number of hydrogen-bond donors (Lipinski definition) is 1. The van der Waals surface area contributed by atoms with Crippen LogP contribution >= 0.6 is 0 Å². The van der Waals surface area contributed by atoms with Crippen LogP contribution in [0.4, 0.5) is 0 Å². The van der Waals surface area contributed by atoms with Gasteiger partial charge in [-0.3, -0.25) is 0 Å². The van der Waals surface area contributed by atoms with Crippen molar-refractivity contribution in [3.63, 3.8) is 0 Å². The van der Waals surface area contributed by atoms with Gasteiger partial charge in [0.1, 0.15) is 5.76 Å². The van der Waals surface area contributed by atoms with E-state index in [4.69, 9.17) is 10.3 Å². The maximum absolute atomic E-state index is 5.46. The zero-order valence-corrected chi connectivity index (χ0v) is 7.92. The number of nitrogens with two attached hydrogens (primary N) is 1. The Bertz CT molecular complexity index is 247. The maximum atomic E-state index is 5.46. The molecule has 3 heteroatoms. The Balaban J connectivity index is 2.91. The lowest BCUT2D eigenvalue weighted by Crippen LogP contribution is -2.14. The standard InChI is InChI=1S/C9H16N2O/c1-9(2,3)8-7(4-5-10)6-11-12-8/h6H,4-5,10H2,1-3H3. The normalized spacial score (nSPS) is 12.0. The molecule has 1 aromatic rings. The summed E-state index contributed by atoms with van der Waals surface area (Å²) in [7, 11) is 0. The monoisotopic (exact) mass is 168 g/mol. The Kier molecular flexibility index (Phi) is 2.52. The van der Waals surface area contributed by atoms with Crippen molar-refractivity contribution in [1.29, 1.82) is 0 Å². The summed E-state index contributed by atoms with van der Waals surface area (Å²) in [4.78, 5) is 0. The fourth-order valence-electron chi connectivity index (χ4n) is 1.21. The van der Waals surface area contributed by atoms with Gasteiger partial charge in [-0.1, -0.05) is 25.9 Å². The summed E-state index contributed by atoms with van der Waals surface area (Å²) >= 11 is 0.